The highest BCUT2D eigenvalue weighted by atomic mass is 16.6. The first kappa shape index (κ1) is 30.2. The summed E-state index contributed by atoms with van der Waals surface area (Å²) in [4.78, 5) is 26.0. The highest BCUT2D eigenvalue weighted by Gasteiger charge is 2.34. The molecule has 1 aliphatic heterocycles. The van der Waals surface area contributed by atoms with Crippen LogP contribution < -0.4 is 9.47 Å². The first-order valence-corrected chi connectivity index (χ1v) is 14.2. The summed E-state index contributed by atoms with van der Waals surface area (Å²) in [7, 11) is 0. The summed E-state index contributed by atoms with van der Waals surface area (Å²) in [6, 6.07) is 20.5. The predicted octanol–water partition coefficient (Wildman–Crippen LogP) is 5.23. The minimum atomic E-state index is -0.774. The summed E-state index contributed by atoms with van der Waals surface area (Å²) in [5.74, 6) is 1.60. The Morgan fingerprint density at radius 1 is 0.805 bits per heavy atom. The lowest BCUT2D eigenvalue weighted by Crippen LogP contribution is -2.55. The Kier molecular flexibility index (Phi) is 10.5. The van der Waals surface area contributed by atoms with Crippen molar-refractivity contribution >= 4 is 11.6 Å². The second kappa shape index (κ2) is 14.3. The number of phenolic OH excluding ortho intramolecular Hbond substituents is 1. The first-order valence-electron chi connectivity index (χ1n) is 14.2. The monoisotopic (exact) mass is 561 g/mol. The average molecular weight is 562 g/mol. The van der Waals surface area contributed by atoms with Gasteiger partial charge in [0.05, 0.1) is 6.10 Å². The lowest BCUT2D eigenvalue weighted by atomic mass is 10.0. The zero-order valence-electron chi connectivity index (χ0n) is 23.9. The number of nitrogens with zero attached hydrogens (tertiary/aromatic N) is 1. The normalized spacial score (nSPS) is 18.8. The van der Waals surface area contributed by atoms with Gasteiger partial charge in [-0.3, -0.25) is 14.5 Å². The third kappa shape index (κ3) is 8.16. The maximum absolute atomic E-state index is 11.9. The molecule has 0 aromatic heterocycles. The summed E-state index contributed by atoms with van der Waals surface area (Å²) >= 11 is 0. The van der Waals surface area contributed by atoms with E-state index in [9.17, 15) is 19.8 Å². The van der Waals surface area contributed by atoms with Crippen LogP contribution in [0.3, 0.4) is 0 Å². The molecule has 0 aliphatic carbocycles. The fraction of sp³-hybridized carbons (Fsp3) is 0.394. The number of aliphatic hydroxyl groups excluding tert-OH is 1. The second-order valence-electron chi connectivity index (χ2n) is 10.3. The molecule has 218 valence electrons. The number of benzene rings is 3. The van der Waals surface area contributed by atoms with Crippen molar-refractivity contribution in [2.75, 3.05) is 26.3 Å². The summed E-state index contributed by atoms with van der Waals surface area (Å²) in [6.07, 6.45) is -0.472. The molecule has 1 heterocycles. The van der Waals surface area contributed by atoms with Crippen LogP contribution in [-0.2, 0) is 4.74 Å². The van der Waals surface area contributed by atoms with Gasteiger partial charge in [-0.05, 0) is 73.2 Å². The van der Waals surface area contributed by atoms with E-state index in [0.29, 0.717) is 54.1 Å². The molecule has 0 bridgehead atoms. The molecule has 0 unspecified atom stereocenters. The number of carbonyl (C=O) groups is 2. The van der Waals surface area contributed by atoms with Crippen molar-refractivity contribution in [3.05, 3.63) is 89.5 Å². The number of phenols is 1. The average Bonchev–Trinajstić information content (AvgIpc) is 3.02. The maximum atomic E-state index is 11.9. The molecular formula is C33H39NO7. The van der Waals surface area contributed by atoms with Crippen LogP contribution in [0.15, 0.2) is 72.8 Å². The van der Waals surface area contributed by atoms with Crippen molar-refractivity contribution in [2.24, 2.45) is 0 Å². The quantitative estimate of drug-likeness (QED) is 0.274. The highest BCUT2D eigenvalue weighted by Crippen LogP contribution is 2.26. The number of aliphatic hydroxyl groups is 1. The van der Waals surface area contributed by atoms with E-state index in [-0.39, 0.29) is 48.8 Å². The van der Waals surface area contributed by atoms with Gasteiger partial charge in [0.2, 0.25) is 0 Å². The Balaban J connectivity index is 1.43. The topological polar surface area (TPSA) is 106 Å². The van der Waals surface area contributed by atoms with Gasteiger partial charge >= 0.3 is 0 Å². The molecule has 0 saturated carbocycles. The van der Waals surface area contributed by atoms with Crippen molar-refractivity contribution < 1.29 is 34.0 Å². The summed E-state index contributed by atoms with van der Waals surface area (Å²) in [5.41, 5.74) is 2.02. The van der Waals surface area contributed by atoms with Gasteiger partial charge in [-0.1, -0.05) is 26.0 Å². The number of ether oxygens (including phenoxy) is 3. The maximum Gasteiger partial charge on any atom is 0.162 e. The molecule has 0 radical (unpaired) electrons. The Labute approximate surface area is 241 Å². The van der Waals surface area contributed by atoms with Crippen LogP contribution in [0.25, 0.3) is 0 Å². The number of ketones is 2. The number of rotatable bonds is 13. The summed E-state index contributed by atoms with van der Waals surface area (Å²) in [5, 5.41) is 20.8. The van der Waals surface area contributed by atoms with Crippen LogP contribution >= 0.6 is 0 Å². The summed E-state index contributed by atoms with van der Waals surface area (Å²) in [6.45, 7) is 7.27. The third-order valence-electron chi connectivity index (χ3n) is 7.40. The van der Waals surface area contributed by atoms with Gasteiger partial charge in [0.15, 0.2) is 11.6 Å². The Hall–Kier alpha value is -3.72. The van der Waals surface area contributed by atoms with E-state index in [2.05, 4.69) is 4.90 Å². The van der Waals surface area contributed by atoms with Crippen LogP contribution in [0, 0.1) is 0 Å². The van der Waals surface area contributed by atoms with E-state index in [4.69, 9.17) is 14.2 Å². The fourth-order valence-electron chi connectivity index (χ4n) is 4.88. The molecule has 4 atom stereocenters. The summed E-state index contributed by atoms with van der Waals surface area (Å²) < 4.78 is 18.4. The van der Waals surface area contributed by atoms with Crippen molar-refractivity contribution in [1.82, 2.24) is 4.90 Å². The molecule has 3 aromatic carbocycles. The molecule has 4 rings (SSSR count). The lowest BCUT2D eigenvalue weighted by Gasteiger charge is -2.42. The van der Waals surface area contributed by atoms with Crippen molar-refractivity contribution in [2.45, 2.75) is 58.0 Å². The second-order valence-corrected chi connectivity index (χ2v) is 10.3. The molecule has 1 saturated heterocycles. The van der Waals surface area contributed by atoms with Gasteiger partial charge in [-0.25, -0.2) is 0 Å². The molecule has 41 heavy (non-hydrogen) atoms. The van der Waals surface area contributed by atoms with Gasteiger partial charge in [0.1, 0.15) is 42.7 Å². The smallest absolute Gasteiger partial charge is 0.162 e. The largest absolute Gasteiger partial charge is 0.508 e. The minimum absolute atomic E-state index is 0.0819. The molecule has 3 aromatic rings. The molecule has 1 fully saturated rings. The van der Waals surface area contributed by atoms with Gasteiger partial charge < -0.3 is 24.4 Å². The van der Waals surface area contributed by atoms with E-state index < -0.39 is 6.10 Å². The van der Waals surface area contributed by atoms with Crippen molar-refractivity contribution in [1.29, 1.82) is 0 Å². The van der Waals surface area contributed by atoms with Crippen LogP contribution in [-0.4, -0.2) is 71.2 Å². The number of carbonyl (C=O) groups excluding carboxylic acids is 2. The molecule has 2 N–H and O–H groups in total. The lowest BCUT2D eigenvalue weighted by molar-refractivity contribution is -0.128. The third-order valence-corrected chi connectivity index (χ3v) is 7.40. The Bertz CT molecular complexity index is 1200. The zero-order valence-corrected chi connectivity index (χ0v) is 23.9. The highest BCUT2D eigenvalue weighted by molar-refractivity contribution is 5.96. The fourth-order valence-corrected chi connectivity index (χ4v) is 4.88. The van der Waals surface area contributed by atoms with Crippen LogP contribution in [0.2, 0.25) is 0 Å². The van der Waals surface area contributed by atoms with E-state index in [1.165, 1.54) is 0 Å². The van der Waals surface area contributed by atoms with Crippen molar-refractivity contribution in [3.8, 4) is 17.2 Å². The number of hydrogen-bond acceptors (Lipinski definition) is 8. The minimum Gasteiger partial charge on any atom is -0.508 e. The van der Waals surface area contributed by atoms with E-state index in [1.807, 2.05) is 20.8 Å². The Morgan fingerprint density at radius 2 is 1.24 bits per heavy atom. The first-order chi connectivity index (χ1) is 19.8. The molecule has 0 spiro atoms. The SMILES string of the molecule is CCC(=O)c1ccc(OC[C@@H]2CN([C@H](C)[C@H](O)c3ccc(O)cc3)C[C@H](COc3ccc(C(=O)CC)cc3)O2)cc1. The number of morpholine rings is 1. The molecule has 1 aliphatic rings. The zero-order chi connectivity index (χ0) is 29.4. The van der Waals surface area contributed by atoms with Crippen molar-refractivity contribution in [3.63, 3.8) is 0 Å². The number of hydrogen-bond donors (Lipinski definition) is 2. The van der Waals surface area contributed by atoms with Crippen LogP contribution in [0.5, 0.6) is 17.2 Å². The van der Waals surface area contributed by atoms with Gasteiger partial charge in [0, 0.05) is 43.1 Å². The molecule has 8 heteroatoms. The Morgan fingerprint density at radius 3 is 1.66 bits per heavy atom. The van der Waals surface area contributed by atoms with Gasteiger partial charge in [-0.2, -0.15) is 0 Å². The number of Topliss-reactive ketones (excluding diaryl/α,β-unsaturated/α-hetero) is 2. The van der Waals surface area contributed by atoms with Gasteiger partial charge in [-0.15, -0.1) is 0 Å². The van der Waals surface area contributed by atoms with Crippen LogP contribution in [0.1, 0.15) is 66.0 Å². The predicted molar refractivity (Wildman–Crippen MR) is 156 cm³/mol. The molecule has 0 amide bonds. The molecular weight excluding hydrogens is 522 g/mol. The van der Waals surface area contributed by atoms with Crippen LogP contribution in [0.4, 0.5) is 0 Å². The number of aromatic hydroxyl groups is 1. The van der Waals surface area contributed by atoms with E-state index in [0.717, 1.165) is 0 Å². The van der Waals surface area contributed by atoms with E-state index >= 15 is 0 Å². The van der Waals surface area contributed by atoms with E-state index in [1.54, 1.807) is 72.8 Å². The molecule has 8 nitrogen and oxygen atoms in total. The standard InChI is InChI=1S/C33H39NO7/c1-4-31(36)23-8-14-27(15-9-23)39-20-29-18-34(22(3)33(38)25-6-12-26(35)13-7-25)19-30(41-29)21-40-28-16-10-24(11-17-28)32(37)5-2/h6-17,22,29-30,33,35,38H,4-5,18-21H2,1-3H3/t22-,29-,30+,33+/m1/s1. The van der Waals surface area contributed by atoms with Gasteiger partial charge in [0.25, 0.3) is 0 Å².